The Hall–Kier alpha value is -4.55. The van der Waals surface area contributed by atoms with E-state index in [9.17, 15) is 14.7 Å². The topological polar surface area (TPSA) is 66.8 Å². The summed E-state index contributed by atoms with van der Waals surface area (Å²) >= 11 is 1.72. The Morgan fingerprint density at radius 3 is 2.53 bits per heavy atom. The van der Waals surface area contributed by atoms with Crippen molar-refractivity contribution < 1.29 is 19.4 Å². The normalized spacial score (nSPS) is 23.0. The highest BCUT2D eigenvalue weighted by molar-refractivity contribution is 8.10. The molecule has 3 aliphatic heterocycles. The molecule has 0 spiro atoms. The fourth-order valence-electron chi connectivity index (χ4n) is 8.23. The molecule has 0 radical (unpaired) electrons. The number of benzene rings is 4. The van der Waals surface area contributed by atoms with Crippen molar-refractivity contribution in [3.63, 3.8) is 0 Å². The predicted octanol–water partition coefficient (Wildman–Crippen LogP) is 10.1. The molecule has 1 N–H and O–H groups in total. The average Bonchev–Trinajstić information content (AvgIpc) is 3.80. The van der Waals surface area contributed by atoms with Gasteiger partial charge in [-0.15, -0.1) is 11.8 Å². The SMILES string of the molecule is CC.CC1(C)c2ccccc2-c2cc(N3c4ccc(C5=CC(/C=C6/Oc7cc(C(=O)O)ccc7C6=O)S5)cc4C4CCCC43)ccc21. The van der Waals surface area contributed by atoms with E-state index in [1.807, 2.05) is 19.9 Å². The number of carboxylic acid groups (broad SMARTS) is 1. The van der Waals surface area contributed by atoms with Gasteiger partial charge in [0.25, 0.3) is 0 Å². The quantitative estimate of drug-likeness (QED) is 0.224. The van der Waals surface area contributed by atoms with E-state index in [4.69, 9.17) is 4.74 Å². The summed E-state index contributed by atoms with van der Waals surface area (Å²) in [5.41, 5.74) is 11.3. The van der Waals surface area contributed by atoms with Crippen molar-refractivity contribution in [1.29, 1.82) is 0 Å². The maximum absolute atomic E-state index is 12.9. The zero-order valence-corrected chi connectivity index (χ0v) is 27.9. The second kappa shape index (κ2) is 11.0. The smallest absolute Gasteiger partial charge is 0.335 e. The number of thioether (sulfide) groups is 1. The monoisotopic (exact) mass is 639 g/mol. The van der Waals surface area contributed by atoms with Gasteiger partial charge in [-0.3, -0.25) is 4.79 Å². The van der Waals surface area contributed by atoms with Crippen LogP contribution in [0.4, 0.5) is 11.4 Å². The molecule has 5 nitrogen and oxygen atoms in total. The first-order valence-electron chi connectivity index (χ1n) is 16.7. The van der Waals surface area contributed by atoms with Crippen LogP contribution in [-0.4, -0.2) is 28.2 Å². The number of hydrogen-bond acceptors (Lipinski definition) is 5. The minimum absolute atomic E-state index is 0.00512. The number of ether oxygens (including phenoxy) is 1. The van der Waals surface area contributed by atoms with Crippen LogP contribution in [0.3, 0.4) is 0 Å². The molecule has 6 heteroatoms. The van der Waals surface area contributed by atoms with Crippen molar-refractivity contribution in [2.24, 2.45) is 0 Å². The van der Waals surface area contributed by atoms with E-state index in [1.54, 1.807) is 11.8 Å². The van der Waals surface area contributed by atoms with E-state index >= 15 is 0 Å². The number of ketones is 1. The first kappa shape index (κ1) is 29.8. The molecule has 2 aliphatic carbocycles. The molecule has 0 saturated heterocycles. The Kier molecular flexibility index (Phi) is 6.99. The van der Waals surface area contributed by atoms with Gasteiger partial charge in [0.05, 0.1) is 16.4 Å². The second-order valence-electron chi connectivity index (χ2n) is 13.2. The number of allylic oxidation sites excluding steroid dienone is 1. The van der Waals surface area contributed by atoms with Crippen molar-refractivity contribution in [3.05, 3.63) is 130 Å². The first-order chi connectivity index (χ1) is 22.8. The van der Waals surface area contributed by atoms with E-state index in [2.05, 4.69) is 85.5 Å². The molecule has 9 rings (SSSR count). The fraction of sp³-hybridized carbons (Fsp3) is 0.268. The Labute approximate surface area is 280 Å². The van der Waals surface area contributed by atoms with Crippen LogP contribution in [-0.2, 0) is 5.41 Å². The summed E-state index contributed by atoms with van der Waals surface area (Å²) in [6.07, 6.45) is 7.68. The summed E-state index contributed by atoms with van der Waals surface area (Å²) in [6.45, 7) is 8.67. The molecule has 3 atom stereocenters. The lowest BCUT2D eigenvalue weighted by Crippen LogP contribution is -2.26. The molecule has 3 heterocycles. The standard InChI is InChI=1S/C39H31NO4S.C2H6/c1-39(2)30-8-4-3-6-25(30)28-18-23(12-14-31(28)39)40-32-9-5-7-26(32)29-16-21(11-15-33(29)40)36-20-24(45-36)19-35-37(41)27-13-10-22(38(42)43)17-34(27)44-35;1-2/h3-4,6,8,10-20,24,26,32H,5,7,9H2,1-2H3,(H,42,43);1-2H3/b35-19+;. The van der Waals surface area contributed by atoms with E-state index in [1.165, 1.54) is 87.1 Å². The molecule has 5 aliphatic rings. The van der Waals surface area contributed by atoms with Gasteiger partial charge in [-0.25, -0.2) is 4.79 Å². The lowest BCUT2D eigenvalue weighted by molar-refractivity contribution is 0.0696. The Bertz CT molecular complexity index is 2060. The van der Waals surface area contributed by atoms with Crippen LogP contribution >= 0.6 is 11.8 Å². The number of aromatic carboxylic acids is 1. The third-order valence-corrected chi connectivity index (χ3v) is 11.6. The molecular formula is C41H37NO4S. The summed E-state index contributed by atoms with van der Waals surface area (Å²) in [5, 5.41) is 9.30. The summed E-state index contributed by atoms with van der Waals surface area (Å²) < 4.78 is 5.78. The van der Waals surface area contributed by atoms with Gasteiger partial charge in [0.15, 0.2) is 5.76 Å². The first-order valence-corrected chi connectivity index (χ1v) is 17.5. The molecule has 236 valence electrons. The van der Waals surface area contributed by atoms with Crippen molar-refractivity contribution in [3.8, 4) is 16.9 Å². The molecule has 0 amide bonds. The van der Waals surface area contributed by atoms with Gasteiger partial charge in [0.2, 0.25) is 5.78 Å². The number of nitrogens with zero attached hydrogens (tertiary/aromatic N) is 1. The van der Waals surface area contributed by atoms with Crippen LogP contribution in [0.2, 0.25) is 0 Å². The molecule has 4 aromatic rings. The number of carbonyl (C=O) groups excluding carboxylic acids is 1. The number of Topliss-reactive ketones (excluding diaryl/α,β-unsaturated/α-hetero) is 1. The number of hydrogen-bond donors (Lipinski definition) is 1. The van der Waals surface area contributed by atoms with Gasteiger partial charge in [-0.2, -0.15) is 0 Å². The maximum Gasteiger partial charge on any atom is 0.335 e. The summed E-state index contributed by atoms with van der Waals surface area (Å²) in [7, 11) is 0. The van der Waals surface area contributed by atoms with Gasteiger partial charge in [-0.05, 0) is 94.8 Å². The molecule has 1 saturated carbocycles. The van der Waals surface area contributed by atoms with Gasteiger partial charge >= 0.3 is 5.97 Å². The van der Waals surface area contributed by atoms with Crippen molar-refractivity contribution in [2.45, 2.75) is 69.6 Å². The summed E-state index contributed by atoms with van der Waals surface area (Å²) in [5.74, 6) is -0.145. The van der Waals surface area contributed by atoms with Crippen LogP contribution < -0.4 is 9.64 Å². The number of carboxylic acids is 1. The summed E-state index contributed by atoms with van der Waals surface area (Å²) in [6, 6.07) is 27.8. The Morgan fingerprint density at radius 1 is 0.936 bits per heavy atom. The van der Waals surface area contributed by atoms with E-state index in [0.29, 0.717) is 23.3 Å². The zero-order valence-electron chi connectivity index (χ0n) is 27.0. The lowest BCUT2D eigenvalue weighted by atomic mass is 9.82. The second-order valence-corrected chi connectivity index (χ2v) is 14.5. The highest BCUT2D eigenvalue weighted by atomic mass is 32.2. The Balaban J connectivity index is 0.00000159. The van der Waals surface area contributed by atoms with Crippen molar-refractivity contribution >= 4 is 39.8 Å². The van der Waals surface area contributed by atoms with Gasteiger partial charge in [-0.1, -0.05) is 76.6 Å². The number of carbonyl (C=O) groups is 2. The van der Waals surface area contributed by atoms with Gasteiger partial charge in [0, 0.05) is 33.7 Å². The third kappa shape index (κ3) is 4.52. The minimum atomic E-state index is -1.04. The highest BCUT2D eigenvalue weighted by Crippen LogP contribution is 2.56. The predicted molar refractivity (Wildman–Crippen MR) is 190 cm³/mol. The van der Waals surface area contributed by atoms with Crippen LogP contribution in [0.15, 0.2) is 96.8 Å². The molecular weight excluding hydrogens is 603 g/mol. The average molecular weight is 640 g/mol. The van der Waals surface area contributed by atoms with Crippen molar-refractivity contribution in [2.75, 3.05) is 4.90 Å². The fourth-order valence-corrected chi connectivity index (χ4v) is 9.18. The van der Waals surface area contributed by atoms with Crippen molar-refractivity contribution in [1.82, 2.24) is 0 Å². The number of anilines is 2. The Morgan fingerprint density at radius 2 is 1.72 bits per heavy atom. The molecule has 0 aromatic heterocycles. The zero-order chi connectivity index (χ0) is 32.6. The molecule has 3 unspecified atom stereocenters. The molecule has 4 aromatic carbocycles. The molecule has 1 fully saturated rings. The van der Waals surface area contributed by atoms with Gasteiger partial charge < -0.3 is 14.7 Å². The summed E-state index contributed by atoms with van der Waals surface area (Å²) in [4.78, 5) is 28.0. The van der Waals surface area contributed by atoms with E-state index in [0.717, 1.165) is 0 Å². The van der Waals surface area contributed by atoms with Crippen LogP contribution in [0.25, 0.3) is 16.0 Å². The molecule has 0 bridgehead atoms. The minimum Gasteiger partial charge on any atom is -0.478 e. The largest absolute Gasteiger partial charge is 0.478 e. The maximum atomic E-state index is 12.9. The number of rotatable bonds is 4. The highest BCUT2D eigenvalue weighted by Gasteiger charge is 2.43. The lowest BCUT2D eigenvalue weighted by Gasteiger charge is -2.28. The van der Waals surface area contributed by atoms with Crippen LogP contribution in [0.1, 0.15) is 95.8 Å². The van der Waals surface area contributed by atoms with E-state index in [-0.39, 0.29) is 27.8 Å². The van der Waals surface area contributed by atoms with Crippen LogP contribution in [0.5, 0.6) is 5.75 Å². The van der Waals surface area contributed by atoms with Gasteiger partial charge in [0.1, 0.15) is 5.75 Å². The van der Waals surface area contributed by atoms with E-state index < -0.39 is 5.97 Å². The number of fused-ring (bicyclic) bond motifs is 7. The third-order valence-electron chi connectivity index (χ3n) is 10.4. The van der Waals surface area contributed by atoms with Crippen LogP contribution in [0, 0.1) is 0 Å². The molecule has 47 heavy (non-hydrogen) atoms.